The maximum Gasteiger partial charge on any atom is 0.251 e. The summed E-state index contributed by atoms with van der Waals surface area (Å²) in [5.74, 6) is 6.37. The number of hydrogen-bond acceptors (Lipinski definition) is 5. The Labute approximate surface area is 200 Å². The van der Waals surface area contributed by atoms with Gasteiger partial charge < -0.3 is 11.1 Å². The van der Waals surface area contributed by atoms with Gasteiger partial charge in [0.1, 0.15) is 5.82 Å². The van der Waals surface area contributed by atoms with Gasteiger partial charge in [-0.2, -0.15) is 0 Å². The van der Waals surface area contributed by atoms with Crippen LogP contribution in [-0.2, 0) is 6.54 Å². The first-order chi connectivity index (χ1) is 16.6. The number of amides is 1. The summed E-state index contributed by atoms with van der Waals surface area (Å²) in [6, 6.07) is 18.3. The molecule has 7 heteroatoms. The second kappa shape index (κ2) is 9.18. The van der Waals surface area contributed by atoms with E-state index in [-0.39, 0.29) is 5.91 Å². The number of nitrogen functional groups attached to an aromatic ring is 1. The molecule has 0 saturated carbocycles. The van der Waals surface area contributed by atoms with E-state index in [9.17, 15) is 4.79 Å². The minimum Gasteiger partial charge on any atom is -0.383 e. The molecule has 0 aliphatic rings. The standard InChI is InChI=1S/C27H18ClN5O/c28-21-8-7-20-16-32-26(29)22(23(20)14-21)9-3-17-1-5-19(6-2-17)27(34)33-15-18-4-10-24-25(13-18)31-12-11-30-24/h1-2,4-8,10-14,16H,15H2,(H2,29,32)(H,33,34). The van der Waals surface area contributed by atoms with Crippen molar-refractivity contribution < 1.29 is 4.79 Å². The zero-order valence-electron chi connectivity index (χ0n) is 17.9. The molecule has 6 nitrogen and oxygen atoms in total. The fraction of sp³-hybridized carbons (Fsp3) is 0.0370. The topological polar surface area (TPSA) is 93.8 Å². The van der Waals surface area contributed by atoms with Crippen LogP contribution in [0.5, 0.6) is 0 Å². The summed E-state index contributed by atoms with van der Waals surface area (Å²) in [6.45, 7) is 0.392. The van der Waals surface area contributed by atoms with Crippen molar-refractivity contribution >= 4 is 45.1 Å². The number of anilines is 1. The summed E-state index contributed by atoms with van der Waals surface area (Å²) in [5.41, 5.74) is 10.5. The van der Waals surface area contributed by atoms with Crippen molar-refractivity contribution in [1.82, 2.24) is 20.3 Å². The van der Waals surface area contributed by atoms with Crippen LogP contribution in [0, 0.1) is 11.8 Å². The molecule has 0 saturated heterocycles. The maximum atomic E-state index is 12.6. The second-order valence-electron chi connectivity index (χ2n) is 7.64. The van der Waals surface area contributed by atoms with Gasteiger partial charge in [-0.1, -0.05) is 35.6 Å². The Kier molecular flexibility index (Phi) is 5.77. The lowest BCUT2D eigenvalue weighted by atomic mass is 10.1. The van der Waals surface area contributed by atoms with Gasteiger partial charge in [-0.25, -0.2) is 4.98 Å². The lowest BCUT2D eigenvalue weighted by Crippen LogP contribution is -2.22. The molecule has 1 amide bonds. The maximum absolute atomic E-state index is 12.6. The number of pyridine rings is 1. The Hall–Kier alpha value is -4.47. The smallest absolute Gasteiger partial charge is 0.251 e. The number of rotatable bonds is 3. The number of hydrogen-bond donors (Lipinski definition) is 2. The lowest BCUT2D eigenvalue weighted by molar-refractivity contribution is 0.0951. The van der Waals surface area contributed by atoms with E-state index in [0.717, 1.165) is 32.9 Å². The molecule has 0 aliphatic carbocycles. The van der Waals surface area contributed by atoms with Crippen molar-refractivity contribution in [2.75, 3.05) is 5.73 Å². The number of benzene rings is 3. The lowest BCUT2D eigenvalue weighted by Gasteiger charge is -2.06. The largest absolute Gasteiger partial charge is 0.383 e. The molecular weight excluding hydrogens is 446 g/mol. The van der Waals surface area contributed by atoms with E-state index in [1.807, 2.05) is 30.3 Å². The number of nitrogens with one attached hydrogen (secondary N) is 1. The van der Waals surface area contributed by atoms with Gasteiger partial charge in [0.25, 0.3) is 5.91 Å². The van der Waals surface area contributed by atoms with E-state index in [4.69, 9.17) is 17.3 Å². The third-order valence-electron chi connectivity index (χ3n) is 5.35. The zero-order chi connectivity index (χ0) is 23.5. The summed E-state index contributed by atoms with van der Waals surface area (Å²) in [6.07, 6.45) is 5.00. The molecule has 0 fully saturated rings. The molecule has 164 valence electrons. The third kappa shape index (κ3) is 4.51. The molecular formula is C27H18ClN5O. The number of halogens is 1. The van der Waals surface area contributed by atoms with E-state index in [0.29, 0.717) is 28.5 Å². The van der Waals surface area contributed by atoms with Crippen LogP contribution in [0.3, 0.4) is 0 Å². The quantitative estimate of drug-likeness (QED) is 0.377. The molecule has 3 N–H and O–H groups in total. The molecule has 2 aromatic heterocycles. The Morgan fingerprint density at radius 2 is 1.71 bits per heavy atom. The number of nitrogens with zero attached hydrogens (tertiary/aromatic N) is 3. The zero-order valence-corrected chi connectivity index (χ0v) is 18.7. The summed E-state index contributed by atoms with van der Waals surface area (Å²) in [4.78, 5) is 25.4. The third-order valence-corrected chi connectivity index (χ3v) is 5.58. The SMILES string of the molecule is Nc1ncc2ccc(Cl)cc2c1C#Cc1ccc(C(=O)NCc2ccc3nccnc3c2)cc1. The van der Waals surface area contributed by atoms with Crippen LogP contribution in [0.2, 0.25) is 5.02 Å². The van der Waals surface area contributed by atoms with Crippen LogP contribution in [0.15, 0.2) is 79.3 Å². The van der Waals surface area contributed by atoms with Gasteiger partial charge >= 0.3 is 0 Å². The van der Waals surface area contributed by atoms with Crippen molar-refractivity contribution in [2.45, 2.75) is 6.54 Å². The minimum absolute atomic E-state index is 0.170. The van der Waals surface area contributed by atoms with Gasteiger partial charge in [0, 0.05) is 52.1 Å². The number of fused-ring (bicyclic) bond motifs is 2. The first kappa shape index (κ1) is 21.4. The molecule has 0 atom stereocenters. The van der Waals surface area contributed by atoms with Gasteiger partial charge in [-0.05, 0) is 54.1 Å². The predicted molar refractivity (Wildman–Crippen MR) is 134 cm³/mol. The molecule has 0 unspecified atom stereocenters. The molecule has 0 spiro atoms. The van der Waals surface area contributed by atoms with E-state index in [1.165, 1.54) is 0 Å². The van der Waals surface area contributed by atoms with Crippen molar-refractivity contribution in [3.05, 3.63) is 107 Å². The highest BCUT2D eigenvalue weighted by Crippen LogP contribution is 2.25. The van der Waals surface area contributed by atoms with Crippen molar-refractivity contribution in [1.29, 1.82) is 0 Å². The Bertz CT molecular complexity index is 1600. The van der Waals surface area contributed by atoms with Crippen molar-refractivity contribution in [2.24, 2.45) is 0 Å². The summed E-state index contributed by atoms with van der Waals surface area (Å²) in [7, 11) is 0. The molecule has 0 bridgehead atoms. The van der Waals surface area contributed by atoms with Gasteiger partial charge in [-0.3, -0.25) is 14.8 Å². The Balaban J connectivity index is 1.30. The second-order valence-corrected chi connectivity index (χ2v) is 8.08. The molecule has 0 radical (unpaired) electrons. The van der Waals surface area contributed by atoms with Crippen LogP contribution in [0.25, 0.3) is 21.8 Å². The Morgan fingerprint density at radius 3 is 2.53 bits per heavy atom. The van der Waals surface area contributed by atoms with Gasteiger partial charge in [-0.15, -0.1) is 0 Å². The molecule has 5 rings (SSSR count). The molecule has 2 heterocycles. The van der Waals surface area contributed by atoms with Crippen molar-refractivity contribution in [3.8, 4) is 11.8 Å². The van der Waals surface area contributed by atoms with Crippen LogP contribution < -0.4 is 11.1 Å². The molecule has 3 aromatic carbocycles. The van der Waals surface area contributed by atoms with E-state index >= 15 is 0 Å². The average Bonchev–Trinajstić information content (AvgIpc) is 2.87. The van der Waals surface area contributed by atoms with E-state index < -0.39 is 0 Å². The predicted octanol–water partition coefficient (Wildman–Crippen LogP) is 4.74. The van der Waals surface area contributed by atoms with Gasteiger partial charge in [0.05, 0.1) is 16.6 Å². The van der Waals surface area contributed by atoms with E-state index in [1.54, 1.807) is 48.9 Å². The number of carbonyl (C=O) groups excluding carboxylic acids is 1. The minimum atomic E-state index is -0.170. The van der Waals surface area contributed by atoms with Crippen LogP contribution >= 0.6 is 11.6 Å². The number of aromatic nitrogens is 3. The fourth-order valence-electron chi connectivity index (χ4n) is 3.57. The average molecular weight is 464 g/mol. The number of carbonyl (C=O) groups is 1. The normalized spacial score (nSPS) is 10.6. The first-order valence-corrected chi connectivity index (χ1v) is 10.9. The van der Waals surface area contributed by atoms with Gasteiger partial charge in [0.2, 0.25) is 0 Å². The summed E-state index contributed by atoms with van der Waals surface area (Å²) in [5, 5.41) is 5.30. The van der Waals surface area contributed by atoms with Gasteiger partial charge in [0.15, 0.2) is 0 Å². The molecule has 34 heavy (non-hydrogen) atoms. The summed E-state index contributed by atoms with van der Waals surface area (Å²) < 4.78 is 0. The highest BCUT2D eigenvalue weighted by atomic mass is 35.5. The van der Waals surface area contributed by atoms with Crippen LogP contribution in [0.1, 0.15) is 27.0 Å². The first-order valence-electron chi connectivity index (χ1n) is 10.5. The van der Waals surface area contributed by atoms with Crippen molar-refractivity contribution in [3.63, 3.8) is 0 Å². The number of nitrogens with two attached hydrogens (primary N) is 1. The molecule has 5 aromatic rings. The Morgan fingerprint density at radius 1 is 0.912 bits per heavy atom. The highest BCUT2D eigenvalue weighted by molar-refractivity contribution is 6.31. The monoisotopic (exact) mass is 463 g/mol. The highest BCUT2D eigenvalue weighted by Gasteiger charge is 2.07. The van der Waals surface area contributed by atoms with Crippen LogP contribution in [0.4, 0.5) is 5.82 Å². The van der Waals surface area contributed by atoms with Crippen LogP contribution in [-0.4, -0.2) is 20.9 Å². The fourth-order valence-corrected chi connectivity index (χ4v) is 3.75. The summed E-state index contributed by atoms with van der Waals surface area (Å²) >= 11 is 6.14. The molecule has 0 aliphatic heterocycles. The van der Waals surface area contributed by atoms with E-state index in [2.05, 4.69) is 32.1 Å².